The SMILES string of the molecule is Cc1[nH]c(=O)c(C#N)c(C)c1CCC(=O)N(Cc1cccs1)Cc1cccs1. The average Bonchev–Trinajstić information content (AvgIpc) is 3.35. The summed E-state index contributed by atoms with van der Waals surface area (Å²) in [5.74, 6) is 0.0605. The molecular formula is C21H21N3O2S2. The number of carbonyl (C=O) groups is 1. The highest BCUT2D eigenvalue weighted by Crippen LogP contribution is 2.20. The summed E-state index contributed by atoms with van der Waals surface area (Å²) in [6.45, 7) is 4.75. The number of aromatic amines is 1. The zero-order valence-corrected chi connectivity index (χ0v) is 17.5. The van der Waals surface area contributed by atoms with Crippen molar-refractivity contribution in [3.8, 4) is 6.07 Å². The minimum Gasteiger partial charge on any atom is -0.332 e. The van der Waals surface area contributed by atoms with E-state index in [2.05, 4.69) is 4.98 Å². The van der Waals surface area contributed by atoms with E-state index in [0.717, 1.165) is 21.0 Å². The Bertz CT molecular complexity index is 1010. The quantitative estimate of drug-likeness (QED) is 0.634. The Hall–Kier alpha value is -2.69. The van der Waals surface area contributed by atoms with Crippen LogP contribution in [0.15, 0.2) is 39.8 Å². The Morgan fingerprint density at radius 3 is 2.25 bits per heavy atom. The van der Waals surface area contributed by atoms with E-state index in [4.69, 9.17) is 0 Å². The second-order valence-electron chi connectivity index (χ2n) is 6.58. The van der Waals surface area contributed by atoms with Gasteiger partial charge in [-0.2, -0.15) is 5.26 Å². The van der Waals surface area contributed by atoms with Crippen LogP contribution in [0, 0.1) is 25.2 Å². The van der Waals surface area contributed by atoms with Crippen molar-refractivity contribution < 1.29 is 4.79 Å². The lowest BCUT2D eigenvalue weighted by Gasteiger charge is -2.22. The number of hydrogen-bond acceptors (Lipinski definition) is 5. The molecule has 3 aromatic rings. The molecule has 0 saturated heterocycles. The number of thiophene rings is 2. The van der Waals surface area contributed by atoms with Crippen LogP contribution in [-0.4, -0.2) is 15.8 Å². The van der Waals surface area contributed by atoms with E-state index in [1.54, 1.807) is 29.6 Å². The zero-order valence-electron chi connectivity index (χ0n) is 15.8. The number of aryl methyl sites for hydroxylation is 1. The van der Waals surface area contributed by atoms with Gasteiger partial charge in [0.2, 0.25) is 5.91 Å². The number of rotatable bonds is 7. The summed E-state index contributed by atoms with van der Waals surface area (Å²) in [4.78, 5) is 31.8. The molecular weight excluding hydrogens is 390 g/mol. The maximum Gasteiger partial charge on any atom is 0.266 e. The van der Waals surface area contributed by atoms with Crippen molar-refractivity contribution in [2.75, 3.05) is 0 Å². The number of H-pyrrole nitrogens is 1. The van der Waals surface area contributed by atoms with E-state index >= 15 is 0 Å². The van der Waals surface area contributed by atoms with Crippen molar-refractivity contribution in [2.45, 2.75) is 39.8 Å². The normalized spacial score (nSPS) is 10.6. The Labute approximate surface area is 171 Å². The molecule has 0 spiro atoms. The fraction of sp³-hybridized carbons (Fsp3) is 0.286. The van der Waals surface area contributed by atoms with E-state index in [9.17, 15) is 14.9 Å². The molecule has 0 fully saturated rings. The van der Waals surface area contributed by atoms with Crippen molar-refractivity contribution in [3.05, 3.63) is 77.5 Å². The van der Waals surface area contributed by atoms with Crippen LogP contribution in [0.25, 0.3) is 0 Å². The summed E-state index contributed by atoms with van der Waals surface area (Å²) in [7, 11) is 0. The topological polar surface area (TPSA) is 77.0 Å². The van der Waals surface area contributed by atoms with Gasteiger partial charge in [0.1, 0.15) is 11.6 Å². The Morgan fingerprint density at radius 1 is 1.14 bits per heavy atom. The molecule has 0 atom stereocenters. The first-order valence-corrected chi connectivity index (χ1v) is 10.7. The molecule has 3 heterocycles. The number of hydrogen-bond donors (Lipinski definition) is 1. The second kappa shape index (κ2) is 9.00. The predicted molar refractivity (Wildman–Crippen MR) is 112 cm³/mol. The Morgan fingerprint density at radius 2 is 1.75 bits per heavy atom. The summed E-state index contributed by atoms with van der Waals surface area (Å²) >= 11 is 3.28. The molecule has 0 unspecified atom stereocenters. The largest absolute Gasteiger partial charge is 0.332 e. The van der Waals surface area contributed by atoms with Crippen molar-refractivity contribution in [1.29, 1.82) is 5.26 Å². The third-order valence-electron chi connectivity index (χ3n) is 4.72. The third kappa shape index (κ3) is 4.58. The van der Waals surface area contributed by atoms with E-state index in [0.29, 0.717) is 31.5 Å². The van der Waals surface area contributed by atoms with E-state index in [1.165, 1.54) is 0 Å². The van der Waals surface area contributed by atoms with Crippen LogP contribution in [0.3, 0.4) is 0 Å². The molecule has 0 saturated carbocycles. The maximum atomic E-state index is 13.0. The van der Waals surface area contributed by atoms with Gasteiger partial charge in [-0.1, -0.05) is 12.1 Å². The van der Waals surface area contributed by atoms with Gasteiger partial charge in [-0.05, 0) is 54.3 Å². The number of nitriles is 1. The second-order valence-corrected chi connectivity index (χ2v) is 8.64. The van der Waals surface area contributed by atoms with Crippen molar-refractivity contribution in [1.82, 2.24) is 9.88 Å². The van der Waals surface area contributed by atoms with Crippen molar-refractivity contribution >= 4 is 28.6 Å². The summed E-state index contributed by atoms with van der Waals surface area (Å²) < 4.78 is 0. The molecule has 5 nitrogen and oxygen atoms in total. The van der Waals surface area contributed by atoms with Crippen LogP contribution in [-0.2, 0) is 24.3 Å². The number of aromatic nitrogens is 1. The molecule has 0 aliphatic heterocycles. The highest BCUT2D eigenvalue weighted by molar-refractivity contribution is 7.10. The van der Waals surface area contributed by atoms with Gasteiger partial charge in [-0.25, -0.2) is 0 Å². The zero-order chi connectivity index (χ0) is 20.1. The van der Waals surface area contributed by atoms with Gasteiger partial charge in [-0.15, -0.1) is 22.7 Å². The Kier molecular flexibility index (Phi) is 6.45. The highest BCUT2D eigenvalue weighted by Gasteiger charge is 2.18. The van der Waals surface area contributed by atoms with E-state index in [1.807, 2.05) is 52.9 Å². The first-order valence-electron chi connectivity index (χ1n) is 8.94. The lowest BCUT2D eigenvalue weighted by atomic mass is 9.99. The lowest BCUT2D eigenvalue weighted by Crippen LogP contribution is -2.30. The summed E-state index contributed by atoms with van der Waals surface area (Å²) in [6.07, 6.45) is 0.822. The van der Waals surface area contributed by atoms with Crippen LogP contribution in [0.1, 0.15) is 38.6 Å². The Balaban J connectivity index is 1.77. The van der Waals surface area contributed by atoms with E-state index in [-0.39, 0.29) is 17.0 Å². The van der Waals surface area contributed by atoms with Gasteiger partial charge in [0.25, 0.3) is 5.56 Å². The molecule has 7 heteroatoms. The number of pyridine rings is 1. The van der Waals surface area contributed by atoms with Crippen molar-refractivity contribution in [2.24, 2.45) is 0 Å². The number of carbonyl (C=O) groups excluding carboxylic acids is 1. The molecule has 0 aromatic carbocycles. The summed E-state index contributed by atoms with van der Waals surface area (Å²) in [5.41, 5.74) is 2.01. The summed E-state index contributed by atoms with van der Waals surface area (Å²) in [5, 5.41) is 13.3. The molecule has 3 aromatic heterocycles. The third-order valence-corrected chi connectivity index (χ3v) is 6.44. The lowest BCUT2D eigenvalue weighted by molar-refractivity contribution is -0.132. The fourth-order valence-electron chi connectivity index (χ4n) is 3.22. The van der Waals surface area contributed by atoms with Crippen LogP contribution < -0.4 is 5.56 Å². The molecule has 28 heavy (non-hydrogen) atoms. The molecule has 0 aliphatic rings. The molecule has 0 aliphatic carbocycles. The van der Waals surface area contributed by atoms with Gasteiger partial charge in [-0.3, -0.25) is 9.59 Å². The van der Waals surface area contributed by atoms with Gasteiger partial charge in [0.05, 0.1) is 13.1 Å². The minimum atomic E-state index is -0.371. The van der Waals surface area contributed by atoms with Crippen molar-refractivity contribution in [3.63, 3.8) is 0 Å². The van der Waals surface area contributed by atoms with Gasteiger partial charge < -0.3 is 9.88 Å². The van der Waals surface area contributed by atoms with Gasteiger partial charge in [0.15, 0.2) is 0 Å². The molecule has 0 bridgehead atoms. The maximum absolute atomic E-state index is 13.0. The number of amides is 1. The van der Waals surface area contributed by atoms with Crippen LogP contribution in [0.5, 0.6) is 0 Å². The van der Waals surface area contributed by atoms with Crippen LogP contribution in [0.2, 0.25) is 0 Å². The molecule has 0 radical (unpaired) electrons. The monoisotopic (exact) mass is 411 g/mol. The van der Waals surface area contributed by atoms with Gasteiger partial charge >= 0.3 is 0 Å². The minimum absolute atomic E-state index is 0.0605. The van der Waals surface area contributed by atoms with E-state index < -0.39 is 0 Å². The first kappa shape index (κ1) is 20.1. The average molecular weight is 412 g/mol. The summed E-state index contributed by atoms with van der Waals surface area (Å²) in [6, 6.07) is 10.0. The number of nitrogens with one attached hydrogen (secondary N) is 1. The smallest absolute Gasteiger partial charge is 0.266 e. The molecule has 3 rings (SSSR count). The predicted octanol–water partition coefficient (Wildman–Crippen LogP) is 4.15. The first-order chi connectivity index (χ1) is 13.5. The molecule has 144 valence electrons. The molecule has 1 amide bonds. The standard InChI is InChI=1S/C21H21N3O2S2/c1-14-18(15(2)23-21(26)19(14)11-22)7-8-20(25)24(12-16-5-3-9-27-16)13-17-6-4-10-28-17/h3-6,9-10H,7-8,12-13H2,1-2H3,(H,23,26). The fourth-order valence-corrected chi connectivity index (χ4v) is 4.66. The van der Waals surface area contributed by atoms with Crippen LogP contribution in [0.4, 0.5) is 0 Å². The highest BCUT2D eigenvalue weighted by atomic mass is 32.1. The number of nitrogens with zero attached hydrogens (tertiary/aromatic N) is 2. The van der Waals surface area contributed by atoms with Crippen LogP contribution >= 0.6 is 22.7 Å². The molecule has 1 N–H and O–H groups in total. The van der Waals surface area contributed by atoms with Gasteiger partial charge in [0, 0.05) is 21.9 Å².